The Morgan fingerprint density at radius 3 is 2.75 bits per heavy atom. The van der Waals surface area contributed by atoms with E-state index in [0.717, 1.165) is 11.4 Å². The Bertz CT molecular complexity index is 593. The van der Waals surface area contributed by atoms with Crippen LogP contribution in [0.2, 0.25) is 5.02 Å². The smallest absolute Gasteiger partial charge is 0.0438 e. The summed E-state index contributed by atoms with van der Waals surface area (Å²) in [5, 5.41) is 4.62. The molecule has 0 aliphatic heterocycles. The van der Waals surface area contributed by atoms with Gasteiger partial charge in [0.1, 0.15) is 0 Å². The molecule has 2 aromatic rings. The lowest BCUT2D eigenvalue weighted by atomic mass is 10.0. The molecular formula is C18H20ClN. The van der Waals surface area contributed by atoms with E-state index in [9.17, 15) is 0 Å². The van der Waals surface area contributed by atoms with Crippen molar-refractivity contribution in [3.8, 4) is 0 Å². The van der Waals surface area contributed by atoms with Crippen LogP contribution < -0.4 is 5.32 Å². The number of nitrogens with one attached hydrogen (secondary N) is 1. The predicted octanol–water partition coefficient (Wildman–Crippen LogP) is 4.55. The average Bonchev–Trinajstić information content (AvgIpc) is 2.85. The van der Waals surface area contributed by atoms with Gasteiger partial charge in [-0.25, -0.2) is 0 Å². The number of hydrogen-bond acceptors (Lipinski definition) is 1. The van der Waals surface area contributed by atoms with Crippen LogP contribution in [-0.4, -0.2) is 6.04 Å². The maximum Gasteiger partial charge on any atom is 0.0438 e. The fourth-order valence-corrected chi connectivity index (χ4v) is 3.34. The van der Waals surface area contributed by atoms with Gasteiger partial charge in [-0.2, -0.15) is 0 Å². The molecule has 1 aliphatic carbocycles. The topological polar surface area (TPSA) is 12.0 Å². The summed E-state index contributed by atoms with van der Waals surface area (Å²) in [4.78, 5) is 0. The fourth-order valence-electron chi connectivity index (χ4n) is 3.13. The number of hydrogen-bond donors (Lipinski definition) is 1. The summed E-state index contributed by atoms with van der Waals surface area (Å²) in [6.45, 7) is 2.24. The Morgan fingerprint density at radius 2 is 1.90 bits per heavy atom. The van der Waals surface area contributed by atoms with Gasteiger partial charge in [0.15, 0.2) is 0 Å². The van der Waals surface area contributed by atoms with Crippen molar-refractivity contribution in [2.45, 2.75) is 38.3 Å². The molecule has 104 valence electrons. The number of rotatable bonds is 4. The molecular weight excluding hydrogens is 266 g/mol. The third kappa shape index (κ3) is 2.89. The van der Waals surface area contributed by atoms with Crippen LogP contribution in [0.5, 0.6) is 0 Å². The second-order valence-electron chi connectivity index (χ2n) is 5.65. The molecule has 0 saturated heterocycles. The Morgan fingerprint density at radius 1 is 1.15 bits per heavy atom. The first-order chi connectivity index (χ1) is 9.74. The fraction of sp³-hybridized carbons (Fsp3) is 0.333. The minimum Gasteiger partial charge on any atom is -0.307 e. The third-order valence-electron chi connectivity index (χ3n) is 4.10. The maximum absolute atomic E-state index is 6.24. The van der Waals surface area contributed by atoms with Crippen molar-refractivity contribution in [2.75, 3.05) is 0 Å². The first kappa shape index (κ1) is 13.7. The van der Waals surface area contributed by atoms with E-state index < -0.39 is 0 Å². The zero-order valence-corrected chi connectivity index (χ0v) is 12.5. The molecule has 2 aromatic carbocycles. The minimum absolute atomic E-state index is 0.422. The molecule has 0 radical (unpaired) electrons. The Kier molecular flexibility index (Phi) is 4.09. The average molecular weight is 286 g/mol. The highest BCUT2D eigenvalue weighted by molar-refractivity contribution is 6.31. The Hall–Kier alpha value is -1.31. The van der Waals surface area contributed by atoms with Gasteiger partial charge in [-0.05, 0) is 48.9 Å². The molecule has 2 unspecified atom stereocenters. The molecule has 0 aromatic heterocycles. The molecule has 1 nitrogen and oxygen atoms in total. The van der Waals surface area contributed by atoms with E-state index in [4.69, 9.17) is 11.6 Å². The van der Waals surface area contributed by atoms with Gasteiger partial charge in [0.2, 0.25) is 0 Å². The van der Waals surface area contributed by atoms with Crippen LogP contribution >= 0.6 is 11.6 Å². The van der Waals surface area contributed by atoms with Crippen molar-refractivity contribution in [1.29, 1.82) is 0 Å². The van der Waals surface area contributed by atoms with Crippen molar-refractivity contribution in [1.82, 2.24) is 5.32 Å². The largest absolute Gasteiger partial charge is 0.307 e. The molecule has 0 amide bonds. The molecule has 3 rings (SSSR count). The van der Waals surface area contributed by atoms with E-state index in [1.807, 2.05) is 12.1 Å². The van der Waals surface area contributed by atoms with Crippen LogP contribution in [0.3, 0.4) is 0 Å². The van der Waals surface area contributed by atoms with E-state index >= 15 is 0 Å². The highest BCUT2D eigenvalue weighted by Crippen LogP contribution is 2.31. The minimum atomic E-state index is 0.422. The lowest BCUT2D eigenvalue weighted by Gasteiger charge is -2.21. The van der Waals surface area contributed by atoms with Crippen LogP contribution in [0.1, 0.15) is 36.1 Å². The molecule has 0 spiro atoms. The number of fused-ring (bicyclic) bond motifs is 1. The summed E-state index contributed by atoms with van der Waals surface area (Å²) < 4.78 is 0. The molecule has 20 heavy (non-hydrogen) atoms. The molecule has 0 fully saturated rings. The SMILES string of the molecule is CC(Cc1ccccc1Cl)NC1CCc2ccccc21. The van der Waals surface area contributed by atoms with Crippen molar-refractivity contribution in [3.05, 3.63) is 70.2 Å². The summed E-state index contributed by atoms with van der Waals surface area (Å²) in [6.07, 6.45) is 3.36. The normalized spacial score (nSPS) is 18.8. The van der Waals surface area contributed by atoms with Gasteiger partial charge in [0.05, 0.1) is 0 Å². The van der Waals surface area contributed by atoms with Gasteiger partial charge >= 0.3 is 0 Å². The molecule has 2 heteroatoms. The van der Waals surface area contributed by atoms with E-state index in [0.29, 0.717) is 12.1 Å². The lowest BCUT2D eigenvalue weighted by Crippen LogP contribution is -2.31. The molecule has 0 heterocycles. The highest BCUT2D eigenvalue weighted by Gasteiger charge is 2.23. The summed E-state index contributed by atoms with van der Waals surface area (Å²) in [6, 6.07) is 17.8. The van der Waals surface area contributed by atoms with Gasteiger partial charge in [-0.3, -0.25) is 0 Å². The second kappa shape index (κ2) is 5.99. The zero-order valence-electron chi connectivity index (χ0n) is 11.8. The standard InChI is InChI=1S/C18H20ClN/c1-13(12-15-7-3-5-9-17(15)19)20-18-11-10-14-6-2-4-8-16(14)18/h2-9,13,18,20H,10-12H2,1H3. The van der Waals surface area contributed by atoms with Gasteiger partial charge in [0.25, 0.3) is 0 Å². The summed E-state index contributed by atoms with van der Waals surface area (Å²) >= 11 is 6.24. The van der Waals surface area contributed by atoms with Crippen LogP contribution in [0.15, 0.2) is 48.5 Å². The van der Waals surface area contributed by atoms with Crippen LogP contribution in [0, 0.1) is 0 Å². The maximum atomic E-state index is 6.24. The molecule has 0 bridgehead atoms. The molecule has 2 atom stereocenters. The third-order valence-corrected chi connectivity index (χ3v) is 4.47. The van der Waals surface area contributed by atoms with E-state index in [-0.39, 0.29) is 0 Å². The number of halogens is 1. The van der Waals surface area contributed by atoms with Gasteiger partial charge in [-0.1, -0.05) is 54.1 Å². The first-order valence-electron chi connectivity index (χ1n) is 7.31. The highest BCUT2D eigenvalue weighted by atomic mass is 35.5. The van der Waals surface area contributed by atoms with Gasteiger partial charge in [0, 0.05) is 17.1 Å². The Labute approximate surface area is 126 Å². The summed E-state index contributed by atoms with van der Waals surface area (Å²) in [7, 11) is 0. The number of benzene rings is 2. The first-order valence-corrected chi connectivity index (χ1v) is 7.69. The van der Waals surface area contributed by atoms with E-state index in [1.54, 1.807) is 0 Å². The monoisotopic (exact) mass is 285 g/mol. The summed E-state index contributed by atoms with van der Waals surface area (Å²) in [5.74, 6) is 0. The van der Waals surface area contributed by atoms with Gasteiger partial charge < -0.3 is 5.32 Å². The zero-order chi connectivity index (χ0) is 13.9. The Balaban J connectivity index is 1.66. The van der Waals surface area contributed by atoms with Gasteiger partial charge in [-0.15, -0.1) is 0 Å². The second-order valence-corrected chi connectivity index (χ2v) is 6.06. The van der Waals surface area contributed by atoms with Crippen LogP contribution in [-0.2, 0) is 12.8 Å². The number of aryl methyl sites for hydroxylation is 1. The van der Waals surface area contributed by atoms with E-state index in [2.05, 4.69) is 48.6 Å². The van der Waals surface area contributed by atoms with Crippen LogP contribution in [0.25, 0.3) is 0 Å². The van der Waals surface area contributed by atoms with Crippen molar-refractivity contribution < 1.29 is 0 Å². The lowest BCUT2D eigenvalue weighted by molar-refractivity contribution is 0.451. The predicted molar refractivity (Wildman–Crippen MR) is 85.3 cm³/mol. The van der Waals surface area contributed by atoms with Crippen molar-refractivity contribution in [3.63, 3.8) is 0 Å². The van der Waals surface area contributed by atoms with Crippen LogP contribution in [0.4, 0.5) is 0 Å². The molecule has 1 aliphatic rings. The molecule has 1 N–H and O–H groups in total. The molecule has 0 saturated carbocycles. The van der Waals surface area contributed by atoms with Crippen molar-refractivity contribution >= 4 is 11.6 Å². The van der Waals surface area contributed by atoms with Crippen molar-refractivity contribution in [2.24, 2.45) is 0 Å². The van der Waals surface area contributed by atoms with E-state index in [1.165, 1.54) is 29.5 Å². The summed E-state index contributed by atoms with van der Waals surface area (Å²) in [5.41, 5.74) is 4.19. The quantitative estimate of drug-likeness (QED) is 0.869.